The summed E-state index contributed by atoms with van der Waals surface area (Å²) in [6.45, 7) is 4.70. The monoisotopic (exact) mass is 315 g/mol. The molecule has 0 atom stereocenters. The molecule has 1 aliphatic carbocycles. The first-order valence-electron chi connectivity index (χ1n) is 7.24. The molecule has 1 aromatic rings. The number of nitrogens with one attached hydrogen (secondary N) is 1. The van der Waals surface area contributed by atoms with Crippen molar-refractivity contribution in [1.29, 1.82) is 0 Å². The fourth-order valence-electron chi connectivity index (χ4n) is 2.74. The maximum Gasteiger partial charge on any atom is 0.264 e. The highest BCUT2D eigenvalue weighted by Crippen LogP contribution is 2.36. The van der Waals surface area contributed by atoms with Gasteiger partial charge in [-0.25, -0.2) is 0 Å². The van der Waals surface area contributed by atoms with Gasteiger partial charge in [-0.1, -0.05) is 37.6 Å². The summed E-state index contributed by atoms with van der Waals surface area (Å²) in [5.74, 6) is 0.774. The Morgan fingerprint density at radius 3 is 2.70 bits per heavy atom. The lowest BCUT2D eigenvalue weighted by Crippen LogP contribution is -2.40. The molecule has 1 heterocycles. The average molecular weight is 316 g/mol. The normalized spacial score (nSPS) is 18.2. The van der Waals surface area contributed by atoms with Crippen LogP contribution in [0.4, 0.5) is 0 Å². The first kappa shape index (κ1) is 15.7. The Hall–Kier alpha value is -0.680. The van der Waals surface area contributed by atoms with Crippen LogP contribution in [0.15, 0.2) is 0 Å². The van der Waals surface area contributed by atoms with Crippen molar-refractivity contribution in [2.75, 3.05) is 12.4 Å². The Kier molecular flexibility index (Phi) is 5.38. The van der Waals surface area contributed by atoms with Crippen molar-refractivity contribution in [2.45, 2.75) is 51.9 Å². The number of nitrogens with zero attached hydrogens (tertiary/aromatic N) is 2. The van der Waals surface area contributed by atoms with Crippen LogP contribution in [0, 0.1) is 5.41 Å². The second-order valence-corrected chi connectivity index (χ2v) is 7.04. The smallest absolute Gasteiger partial charge is 0.264 e. The number of alkyl halides is 1. The van der Waals surface area contributed by atoms with E-state index in [1.807, 2.05) is 13.8 Å². The van der Waals surface area contributed by atoms with Gasteiger partial charge in [0.2, 0.25) is 0 Å². The van der Waals surface area contributed by atoms with Crippen LogP contribution in [-0.2, 0) is 0 Å². The predicted molar refractivity (Wildman–Crippen MR) is 82.6 cm³/mol. The first-order valence-corrected chi connectivity index (χ1v) is 8.55. The Morgan fingerprint density at radius 2 is 2.10 bits per heavy atom. The number of rotatable bonds is 5. The van der Waals surface area contributed by atoms with Crippen molar-refractivity contribution in [3.8, 4) is 0 Å². The van der Waals surface area contributed by atoms with Gasteiger partial charge in [-0.05, 0) is 30.3 Å². The summed E-state index contributed by atoms with van der Waals surface area (Å²) in [5.41, 5.74) is 0.863. The van der Waals surface area contributed by atoms with Crippen LogP contribution in [0.3, 0.4) is 0 Å². The molecule has 0 radical (unpaired) electrons. The van der Waals surface area contributed by atoms with E-state index in [-0.39, 0.29) is 17.2 Å². The minimum absolute atomic E-state index is 0.0567. The molecule has 0 spiro atoms. The number of amides is 1. The Labute approximate surface area is 129 Å². The molecule has 4 nitrogen and oxygen atoms in total. The minimum Gasteiger partial charge on any atom is -0.351 e. The van der Waals surface area contributed by atoms with Crippen LogP contribution in [0.1, 0.15) is 67.2 Å². The number of carbonyl (C=O) groups excluding carboxylic acids is 1. The van der Waals surface area contributed by atoms with Crippen molar-refractivity contribution >= 4 is 29.0 Å². The molecule has 0 saturated heterocycles. The molecule has 0 aromatic carbocycles. The standard InChI is InChI=1S/C14H22ClN3OS/c1-10(2)11-12(20-18-17-11)13(19)16-9-14(8-15)6-4-3-5-7-14/h10H,3-9H2,1-2H3,(H,16,19). The maximum atomic E-state index is 12.3. The van der Waals surface area contributed by atoms with E-state index in [9.17, 15) is 4.79 Å². The number of hydrogen-bond acceptors (Lipinski definition) is 4. The lowest BCUT2D eigenvalue weighted by atomic mass is 9.75. The molecular weight excluding hydrogens is 294 g/mol. The van der Waals surface area contributed by atoms with Crippen molar-refractivity contribution < 1.29 is 4.79 Å². The summed E-state index contributed by atoms with van der Waals surface area (Å²) >= 11 is 7.33. The quantitative estimate of drug-likeness (QED) is 0.845. The molecule has 0 aliphatic heterocycles. The molecule has 1 aliphatic rings. The molecule has 1 fully saturated rings. The molecule has 6 heteroatoms. The summed E-state index contributed by atoms with van der Waals surface area (Å²) in [6, 6.07) is 0. The zero-order chi connectivity index (χ0) is 14.6. The lowest BCUT2D eigenvalue weighted by molar-refractivity contribution is 0.0923. The van der Waals surface area contributed by atoms with E-state index >= 15 is 0 Å². The third-order valence-electron chi connectivity index (χ3n) is 4.09. The number of aromatic nitrogens is 2. The average Bonchev–Trinajstić information content (AvgIpc) is 2.95. The SMILES string of the molecule is CC(C)c1nnsc1C(=O)NCC1(CCl)CCCCC1. The largest absolute Gasteiger partial charge is 0.351 e. The van der Waals surface area contributed by atoms with Crippen molar-refractivity contribution in [2.24, 2.45) is 5.41 Å². The van der Waals surface area contributed by atoms with E-state index in [1.165, 1.54) is 30.8 Å². The third kappa shape index (κ3) is 3.50. The van der Waals surface area contributed by atoms with Crippen LogP contribution < -0.4 is 5.32 Å². The van der Waals surface area contributed by atoms with Crippen LogP contribution in [0.25, 0.3) is 0 Å². The molecule has 112 valence electrons. The number of hydrogen-bond donors (Lipinski definition) is 1. The van der Waals surface area contributed by atoms with Crippen LogP contribution >= 0.6 is 23.1 Å². The van der Waals surface area contributed by atoms with E-state index in [0.717, 1.165) is 18.5 Å². The molecule has 0 bridgehead atoms. The lowest BCUT2D eigenvalue weighted by Gasteiger charge is -2.35. The van der Waals surface area contributed by atoms with Gasteiger partial charge >= 0.3 is 0 Å². The fraction of sp³-hybridized carbons (Fsp3) is 0.786. The van der Waals surface area contributed by atoms with Crippen LogP contribution in [0.5, 0.6) is 0 Å². The van der Waals surface area contributed by atoms with Crippen LogP contribution in [-0.4, -0.2) is 27.9 Å². The molecule has 2 rings (SSSR count). The van der Waals surface area contributed by atoms with Gasteiger partial charge in [-0.2, -0.15) is 0 Å². The van der Waals surface area contributed by atoms with Gasteiger partial charge in [0.05, 0.1) is 5.69 Å². The number of halogens is 1. The van der Waals surface area contributed by atoms with Crippen LogP contribution in [0.2, 0.25) is 0 Å². The summed E-state index contributed by atoms with van der Waals surface area (Å²) < 4.78 is 3.90. The number of carbonyl (C=O) groups is 1. The van der Waals surface area contributed by atoms with Gasteiger partial charge in [0.25, 0.3) is 5.91 Å². The molecule has 1 amide bonds. The Morgan fingerprint density at radius 1 is 1.40 bits per heavy atom. The Bertz CT molecular complexity index is 455. The van der Waals surface area contributed by atoms with Gasteiger partial charge in [0.1, 0.15) is 4.88 Å². The Balaban J connectivity index is 1.99. The topological polar surface area (TPSA) is 54.9 Å². The molecule has 20 heavy (non-hydrogen) atoms. The van der Waals surface area contributed by atoms with E-state index in [1.54, 1.807) is 0 Å². The van der Waals surface area contributed by atoms with Crippen molar-refractivity contribution in [3.05, 3.63) is 10.6 Å². The van der Waals surface area contributed by atoms with Crippen molar-refractivity contribution in [1.82, 2.24) is 14.9 Å². The summed E-state index contributed by atoms with van der Waals surface area (Å²) in [7, 11) is 0. The van der Waals surface area contributed by atoms with Gasteiger partial charge < -0.3 is 5.32 Å². The highest BCUT2D eigenvalue weighted by atomic mass is 35.5. The second-order valence-electron chi connectivity index (χ2n) is 6.02. The van der Waals surface area contributed by atoms with E-state index in [4.69, 9.17) is 11.6 Å². The van der Waals surface area contributed by atoms with E-state index in [2.05, 4.69) is 14.9 Å². The highest BCUT2D eigenvalue weighted by molar-refractivity contribution is 7.08. The highest BCUT2D eigenvalue weighted by Gasteiger charge is 2.32. The maximum absolute atomic E-state index is 12.3. The molecular formula is C14H22ClN3OS. The molecule has 1 saturated carbocycles. The molecule has 1 aromatic heterocycles. The van der Waals surface area contributed by atoms with Crippen molar-refractivity contribution in [3.63, 3.8) is 0 Å². The van der Waals surface area contributed by atoms with Gasteiger partial charge in [-0.15, -0.1) is 16.7 Å². The molecule has 1 N–H and O–H groups in total. The summed E-state index contributed by atoms with van der Waals surface area (Å²) in [4.78, 5) is 12.9. The van der Waals surface area contributed by atoms with Gasteiger partial charge in [0.15, 0.2) is 0 Å². The third-order valence-corrected chi connectivity index (χ3v) is 5.40. The van der Waals surface area contributed by atoms with Gasteiger partial charge in [0, 0.05) is 17.8 Å². The van der Waals surface area contributed by atoms with E-state index < -0.39 is 0 Å². The summed E-state index contributed by atoms with van der Waals surface area (Å²) in [5, 5.41) is 7.10. The first-order chi connectivity index (χ1) is 9.58. The second kappa shape index (κ2) is 6.85. The minimum atomic E-state index is -0.0567. The predicted octanol–water partition coefficient (Wildman–Crippen LogP) is 3.58. The van der Waals surface area contributed by atoms with E-state index in [0.29, 0.717) is 17.3 Å². The van der Waals surface area contributed by atoms with Gasteiger partial charge in [-0.3, -0.25) is 4.79 Å². The zero-order valence-electron chi connectivity index (χ0n) is 12.1. The fourth-order valence-corrected chi connectivity index (χ4v) is 3.84. The zero-order valence-corrected chi connectivity index (χ0v) is 13.7. The summed E-state index contributed by atoms with van der Waals surface area (Å²) in [6.07, 6.45) is 5.91. The molecule has 0 unspecified atom stereocenters.